The highest BCUT2D eigenvalue weighted by Gasteiger charge is 2.15. The van der Waals surface area contributed by atoms with Crippen LogP contribution in [-0.2, 0) is 4.57 Å². The highest BCUT2D eigenvalue weighted by molar-refractivity contribution is 7.69. The molecule has 0 aromatic carbocycles. The molecule has 3 aromatic heterocycles. The summed E-state index contributed by atoms with van der Waals surface area (Å²) in [4.78, 5) is 12.5. The summed E-state index contributed by atoms with van der Waals surface area (Å²) in [5.41, 5.74) is 1.96. The van der Waals surface area contributed by atoms with E-state index in [0.29, 0.717) is 27.1 Å². The van der Waals surface area contributed by atoms with Crippen molar-refractivity contribution in [2.45, 2.75) is 0 Å². The summed E-state index contributed by atoms with van der Waals surface area (Å²) >= 11 is 6.08. The Balaban J connectivity index is 2.15. The minimum atomic E-state index is -2.44. The largest absolute Gasteiger partial charge is 0.318 e. The second-order valence-electron chi connectivity index (χ2n) is 5.24. The third-order valence-electron chi connectivity index (χ3n) is 3.19. The average molecular weight is 336 g/mol. The van der Waals surface area contributed by atoms with Crippen LogP contribution in [0.3, 0.4) is 0 Å². The van der Waals surface area contributed by atoms with Crippen molar-refractivity contribution in [2.75, 3.05) is 13.3 Å². The summed E-state index contributed by atoms with van der Waals surface area (Å²) in [5.74, 6) is -0.506. The molecule has 0 atom stereocenters. The van der Waals surface area contributed by atoms with Gasteiger partial charge in [-0.3, -0.25) is 9.97 Å². The van der Waals surface area contributed by atoms with Crippen molar-refractivity contribution in [1.29, 1.82) is 0 Å². The van der Waals surface area contributed by atoms with Gasteiger partial charge >= 0.3 is 0 Å². The van der Waals surface area contributed by atoms with Gasteiger partial charge in [0.05, 0.1) is 16.0 Å². The van der Waals surface area contributed by atoms with E-state index in [1.165, 1.54) is 18.5 Å². The van der Waals surface area contributed by atoms with Crippen molar-refractivity contribution in [1.82, 2.24) is 15.0 Å². The first kappa shape index (κ1) is 15.1. The quantitative estimate of drug-likeness (QED) is 0.670. The third-order valence-corrected chi connectivity index (χ3v) is 4.86. The molecule has 0 bridgehead atoms. The number of hydrogen-bond donors (Lipinski definition) is 0. The summed E-state index contributed by atoms with van der Waals surface area (Å²) in [6.07, 6.45) is 2.97. The first-order valence-electron chi connectivity index (χ1n) is 6.49. The van der Waals surface area contributed by atoms with Crippen molar-refractivity contribution in [3.05, 3.63) is 47.5 Å². The molecule has 3 rings (SSSR count). The minimum absolute atomic E-state index is 0.142. The van der Waals surface area contributed by atoms with Crippen molar-refractivity contribution < 1.29 is 8.96 Å². The van der Waals surface area contributed by atoms with Crippen LogP contribution in [0.2, 0.25) is 5.02 Å². The zero-order valence-corrected chi connectivity index (χ0v) is 13.6. The molecule has 3 aromatic rings. The van der Waals surface area contributed by atoms with E-state index in [1.54, 1.807) is 31.5 Å². The van der Waals surface area contributed by atoms with Gasteiger partial charge in [0.25, 0.3) is 0 Å². The lowest BCUT2D eigenvalue weighted by Crippen LogP contribution is -2.07. The first-order valence-corrected chi connectivity index (χ1v) is 9.47. The molecule has 0 fully saturated rings. The lowest BCUT2D eigenvalue weighted by molar-refractivity contribution is 0.588. The van der Waals surface area contributed by atoms with Crippen LogP contribution in [0.15, 0.2) is 36.7 Å². The van der Waals surface area contributed by atoms with Crippen molar-refractivity contribution in [2.24, 2.45) is 0 Å². The maximum Gasteiger partial charge on any atom is 0.151 e. The Morgan fingerprint density at radius 2 is 1.95 bits per heavy atom. The van der Waals surface area contributed by atoms with Gasteiger partial charge in [-0.05, 0) is 31.5 Å². The van der Waals surface area contributed by atoms with Crippen LogP contribution < -0.4 is 5.44 Å². The average Bonchev–Trinajstić information content (AvgIpc) is 2.46. The lowest BCUT2D eigenvalue weighted by atomic mass is 10.1. The molecular weight excluding hydrogens is 324 g/mol. The fraction of sp³-hybridized carbons (Fsp3) is 0.133. The standard InChI is InChI=1S/C15H12ClFN3OP/c1-22(2,21)13-4-3-9(8-19-13)14-11(17)7-12-15(20-14)10(16)5-6-18-12/h3-8H,1-2H3. The molecule has 7 heteroatoms. The van der Waals surface area contributed by atoms with Crippen molar-refractivity contribution in [3.8, 4) is 11.3 Å². The van der Waals surface area contributed by atoms with Crippen LogP contribution in [-0.4, -0.2) is 28.3 Å². The maximum atomic E-state index is 14.2. The predicted octanol–water partition coefficient (Wildman–Crippen LogP) is 3.73. The van der Waals surface area contributed by atoms with Gasteiger partial charge in [-0.1, -0.05) is 11.6 Å². The van der Waals surface area contributed by atoms with E-state index in [4.69, 9.17) is 11.6 Å². The van der Waals surface area contributed by atoms with Gasteiger partial charge in [-0.2, -0.15) is 0 Å². The van der Waals surface area contributed by atoms with E-state index in [9.17, 15) is 8.96 Å². The van der Waals surface area contributed by atoms with Gasteiger partial charge in [-0.15, -0.1) is 0 Å². The molecule has 0 aliphatic rings. The van der Waals surface area contributed by atoms with Gasteiger partial charge in [0.2, 0.25) is 0 Å². The zero-order valence-electron chi connectivity index (χ0n) is 11.9. The van der Waals surface area contributed by atoms with Gasteiger partial charge < -0.3 is 4.57 Å². The molecule has 0 amide bonds. The van der Waals surface area contributed by atoms with E-state index in [2.05, 4.69) is 15.0 Å². The molecule has 0 unspecified atom stereocenters. The second-order valence-corrected chi connectivity index (χ2v) is 8.80. The monoisotopic (exact) mass is 335 g/mol. The maximum absolute atomic E-state index is 14.2. The highest BCUT2D eigenvalue weighted by Crippen LogP contribution is 2.34. The van der Waals surface area contributed by atoms with Crippen LogP contribution in [0, 0.1) is 5.82 Å². The fourth-order valence-electron chi connectivity index (χ4n) is 2.06. The normalized spacial score (nSPS) is 11.8. The SMILES string of the molecule is CP(C)(=O)c1ccc(-c2nc3c(Cl)ccnc3cc2F)cn1. The molecule has 0 aliphatic carbocycles. The van der Waals surface area contributed by atoms with Crippen molar-refractivity contribution in [3.63, 3.8) is 0 Å². The van der Waals surface area contributed by atoms with Gasteiger partial charge in [0, 0.05) is 24.0 Å². The van der Waals surface area contributed by atoms with E-state index in [-0.39, 0.29) is 5.69 Å². The van der Waals surface area contributed by atoms with Crippen LogP contribution in [0.4, 0.5) is 4.39 Å². The van der Waals surface area contributed by atoms with Crippen LogP contribution >= 0.6 is 18.7 Å². The first-order chi connectivity index (χ1) is 10.4. The summed E-state index contributed by atoms with van der Waals surface area (Å²) in [5, 5.41) is 0.405. The molecule has 0 saturated carbocycles. The number of pyridine rings is 3. The Morgan fingerprint density at radius 3 is 2.59 bits per heavy atom. The van der Waals surface area contributed by atoms with Crippen LogP contribution in [0.5, 0.6) is 0 Å². The molecule has 0 N–H and O–H groups in total. The molecule has 3 heterocycles. The van der Waals surface area contributed by atoms with E-state index in [0.717, 1.165) is 0 Å². The Labute approximate surface area is 131 Å². The molecule has 0 radical (unpaired) electrons. The van der Waals surface area contributed by atoms with E-state index in [1.807, 2.05) is 0 Å². The zero-order chi connectivity index (χ0) is 15.9. The third kappa shape index (κ3) is 2.74. The Hall–Kier alpha value is -1.84. The van der Waals surface area contributed by atoms with Gasteiger partial charge in [0.1, 0.15) is 18.4 Å². The smallest absolute Gasteiger partial charge is 0.151 e. The van der Waals surface area contributed by atoms with E-state index >= 15 is 0 Å². The summed E-state index contributed by atoms with van der Waals surface area (Å²) in [7, 11) is -2.44. The lowest BCUT2D eigenvalue weighted by Gasteiger charge is -2.08. The number of rotatable bonds is 2. The fourth-order valence-corrected chi connectivity index (χ4v) is 3.03. The Kier molecular flexibility index (Phi) is 3.71. The van der Waals surface area contributed by atoms with Gasteiger partial charge in [-0.25, -0.2) is 9.37 Å². The Bertz CT molecular complexity index is 909. The number of nitrogens with zero attached hydrogens (tertiary/aromatic N) is 3. The minimum Gasteiger partial charge on any atom is -0.318 e. The van der Waals surface area contributed by atoms with E-state index < -0.39 is 13.0 Å². The number of fused-ring (bicyclic) bond motifs is 1. The summed E-state index contributed by atoms with van der Waals surface area (Å²) in [6.45, 7) is 3.27. The highest BCUT2D eigenvalue weighted by atomic mass is 35.5. The van der Waals surface area contributed by atoms with Gasteiger partial charge in [0.15, 0.2) is 5.82 Å². The van der Waals surface area contributed by atoms with Crippen LogP contribution in [0.25, 0.3) is 22.3 Å². The number of hydrogen-bond acceptors (Lipinski definition) is 4. The number of halogens is 2. The molecule has 0 spiro atoms. The Morgan fingerprint density at radius 1 is 1.18 bits per heavy atom. The predicted molar refractivity (Wildman–Crippen MR) is 86.8 cm³/mol. The molecule has 112 valence electrons. The molecule has 0 saturated heterocycles. The summed E-state index contributed by atoms with van der Waals surface area (Å²) < 4.78 is 26.2. The molecular formula is C15H12ClFN3OP. The topological polar surface area (TPSA) is 55.7 Å². The molecule has 22 heavy (non-hydrogen) atoms. The summed E-state index contributed by atoms with van der Waals surface area (Å²) in [6, 6.07) is 6.18. The second kappa shape index (κ2) is 5.41. The van der Waals surface area contributed by atoms with Crippen LogP contribution in [0.1, 0.15) is 0 Å². The van der Waals surface area contributed by atoms with Crippen molar-refractivity contribution >= 4 is 35.2 Å². The number of aromatic nitrogens is 3. The molecule has 0 aliphatic heterocycles. The molecule has 4 nitrogen and oxygen atoms in total.